The van der Waals surface area contributed by atoms with Gasteiger partial charge in [-0.05, 0) is 69.6 Å². The van der Waals surface area contributed by atoms with E-state index in [4.69, 9.17) is 0 Å². The molecule has 26 heavy (non-hydrogen) atoms. The normalized spacial score (nSPS) is 56.2. The summed E-state index contributed by atoms with van der Waals surface area (Å²) in [6.45, 7) is 7.72. The number of aliphatic hydroxyl groups excluding tert-OH is 1. The van der Waals surface area contributed by atoms with Crippen molar-refractivity contribution >= 4 is 5.78 Å². The van der Waals surface area contributed by atoms with Gasteiger partial charge < -0.3 is 10.2 Å². The Bertz CT molecular complexity index is 674. The summed E-state index contributed by atoms with van der Waals surface area (Å²) in [6, 6.07) is 0. The van der Waals surface area contributed by atoms with Gasteiger partial charge >= 0.3 is 0 Å². The smallest absolute Gasteiger partial charge is 0.161 e. The van der Waals surface area contributed by atoms with Gasteiger partial charge in [-0.2, -0.15) is 0 Å². The molecular weight excluding hydrogens is 331 g/mol. The van der Waals surface area contributed by atoms with Gasteiger partial charge in [0.15, 0.2) is 5.78 Å². The van der Waals surface area contributed by atoms with E-state index in [1.165, 1.54) is 6.92 Å². The van der Waals surface area contributed by atoms with Crippen molar-refractivity contribution in [3.63, 3.8) is 0 Å². The average Bonchev–Trinajstić information content (AvgIpc) is 2.85. The molecule has 0 bridgehead atoms. The Morgan fingerprint density at radius 3 is 2.50 bits per heavy atom. The van der Waals surface area contributed by atoms with Gasteiger partial charge in [0, 0.05) is 10.8 Å². The molecule has 0 heterocycles. The Labute approximate surface area is 156 Å². The Hall–Kier alpha value is -0.740. The number of fused-ring (bicyclic) bond motifs is 5. The van der Waals surface area contributed by atoms with Gasteiger partial charge in [0.2, 0.25) is 0 Å². The first kappa shape index (κ1) is 18.6. The number of alkyl halides is 1. The van der Waals surface area contributed by atoms with E-state index in [2.05, 4.69) is 13.8 Å². The molecule has 3 nitrogen and oxygen atoms in total. The molecule has 2 N–H and O–H groups in total. The molecule has 3 fully saturated rings. The van der Waals surface area contributed by atoms with Gasteiger partial charge in [-0.25, -0.2) is 4.39 Å². The van der Waals surface area contributed by atoms with Crippen LogP contribution in [0.15, 0.2) is 11.6 Å². The standard InChI is InChI=1S/C22H33FO3/c1-13-11-18-16-6-8-22(26,14(2)24)20(16,4)9-10-21(18,23)19(3)7-5-15(25)12-17(13)19/h12-13,15-16,18,25-26H,5-11H2,1-4H3/t13?,15?,16-,18-,19-,20-,21+,22-/m0/s1. The number of hydrogen-bond acceptors (Lipinski definition) is 3. The second-order valence-electron chi connectivity index (χ2n) is 10.1. The average molecular weight is 365 g/mol. The van der Waals surface area contributed by atoms with Gasteiger partial charge in [0.25, 0.3) is 0 Å². The fourth-order valence-corrected chi connectivity index (χ4v) is 7.59. The zero-order valence-electron chi connectivity index (χ0n) is 16.5. The van der Waals surface area contributed by atoms with Crippen molar-refractivity contribution in [2.45, 2.75) is 90.0 Å². The van der Waals surface area contributed by atoms with Gasteiger partial charge in [-0.15, -0.1) is 0 Å². The van der Waals surface area contributed by atoms with E-state index in [0.717, 1.165) is 18.4 Å². The third kappa shape index (κ3) is 1.98. The predicted molar refractivity (Wildman–Crippen MR) is 98.2 cm³/mol. The number of carbonyl (C=O) groups excluding carboxylic acids is 1. The Kier molecular flexibility index (Phi) is 3.87. The second kappa shape index (κ2) is 5.41. The van der Waals surface area contributed by atoms with Gasteiger partial charge in [0.05, 0.1) is 6.10 Å². The minimum absolute atomic E-state index is 0.0443. The van der Waals surface area contributed by atoms with Crippen LogP contribution >= 0.6 is 0 Å². The lowest BCUT2D eigenvalue weighted by molar-refractivity contribution is -0.186. The third-order valence-electron chi connectivity index (χ3n) is 9.25. The van der Waals surface area contributed by atoms with Crippen LogP contribution in [-0.2, 0) is 4.79 Å². The molecule has 0 amide bonds. The highest BCUT2D eigenvalue weighted by molar-refractivity contribution is 5.86. The minimum atomic E-state index is -1.31. The maximum absolute atomic E-state index is 16.8. The fourth-order valence-electron chi connectivity index (χ4n) is 7.59. The molecule has 0 aromatic rings. The zero-order chi connectivity index (χ0) is 19.1. The van der Waals surface area contributed by atoms with Crippen molar-refractivity contribution in [3.05, 3.63) is 11.6 Å². The molecule has 0 aliphatic heterocycles. The van der Waals surface area contributed by atoms with Crippen LogP contribution in [-0.4, -0.2) is 33.4 Å². The quantitative estimate of drug-likeness (QED) is 0.692. The number of aliphatic hydroxyl groups is 2. The molecule has 4 rings (SSSR count). The van der Waals surface area contributed by atoms with Crippen LogP contribution in [0.1, 0.15) is 72.6 Å². The second-order valence-corrected chi connectivity index (χ2v) is 10.1. The highest BCUT2D eigenvalue weighted by Crippen LogP contribution is 2.71. The maximum atomic E-state index is 16.8. The van der Waals surface area contributed by atoms with E-state index in [1.54, 1.807) is 0 Å². The number of rotatable bonds is 1. The first-order chi connectivity index (χ1) is 12.0. The summed E-state index contributed by atoms with van der Waals surface area (Å²) in [5.74, 6) is -0.00709. The number of halogens is 1. The van der Waals surface area contributed by atoms with E-state index in [1.807, 2.05) is 13.0 Å². The van der Waals surface area contributed by atoms with Crippen LogP contribution in [0.4, 0.5) is 4.39 Å². The Morgan fingerprint density at radius 1 is 1.15 bits per heavy atom. The summed E-state index contributed by atoms with van der Waals surface area (Å²) >= 11 is 0. The molecule has 146 valence electrons. The van der Waals surface area contributed by atoms with Crippen LogP contribution in [0.5, 0.6) is 0 Å². The minimum Gasteiger partial charge on any atom is -0.389 e. The largest absolute Gasteiger partial charge is 0.389 e. The number of allylic oxidation sites excluding steroid dienone is 1. The molecule has 4 aliphatic carbocycles. The topological polar surface area (TPSA) is 57.5 Å². The molecule has 2 unspecified atom stereocenters. The first-order valence-corrected chi connectivity index (χ1v) is 10.3. The molecule has 4 aliphatic rings. The monoisotopic (exact) mass is 364 g/mol. The van der Waals surface area contributed by atoms with Crippen LogP contribution in [0.2, 0.25) is 0 Å². The van der Waals surface area contributed by atoms with Crippen molar-refractivity contribution in [1.82, 2.24) is 0 Å². The van der Waals surface area contributed by atoms with Crippen LogP contribution in [0.3, 0.4) is 0 Å². The molecule has 0 spiro atoms. The van der Waals surface area contributed by atoms with E-state index in [9.17, 15) is 15.0 Å². The van der Waals surface area contributed by atoms with E-state index >= 15 is 4.39 Å². The number of ketones is 1. The lowest BCUT2D eigenvalue weighted by Gasteiger charge is -2.63. The number of carbonyl (C=O) groups is 1. The van der Waals surface area contributed by atoms with E-state index in [-0.39, 0.29) is 23.5 Å². The van der Waals surface area contributed by atoms with Crippen molar-refractivity contribution in [2.24, 2.45) is 28.6 Å². The third-order valence-corrected chi connectivity index (χ3v) is 9.25. The summed E-state index contributed by atoms with van der Waals surface area (Å²) < 4.78 is 16.8. The summed E-state index contributed by atoms with van der Waals surface area (Å²) in [4.78, 5) is 12.3. The highest BCUT2D eigenvalue weighted by atomic mass is 19.1. The van der Waals surface area contributed by atoms with Gasteiger partial charge in [-0.1, -0.05) is 32.4 Å². The predicted octanol–water partition coefficient (Wildman–Crippen LogP) is 3.97. The molecule has 0 radical (unpaired) electrons. The first-order valence-electron chi connectivity index (χ1n) is 10.3. The summed E-state index contributed by atoms with van der Waals surface area (Å²) in [5.41, 5.74) is -2.57. The molecule has 0 aromatic carbocycles. The maximum Gasteiger partial charge on any atom is 0.161 e. The molecule has 0 aromatic heterocycles. The Morgan fingerprint density at radius 2 is 1.85 bits per heavy atom. The lowest BCUT2D eigenvalue weighted by atomic mass is 9.43. The number of Topliss-reactive ketones (excluding diaryl/α,β-unsaturated/α-hetero) is 1. The van der Waals surface area contributed by atoms with Crippen molar-refractivity contribution in [1.29, 1.82) is 0 Å². The summed E-state index contributed by atoms with van der Waals surface area (Å²) in [7, 11) is 0. The molecular formula is C22H33FO3. The lowest BCUT2D eigenvalue weighted by Crippen LogP contribution is -2.64. The fraction of sp³-hybridized carbons (Fsp3) is 0.864. The Balaban J connectivity index is 1.79. The molecule has 4 heteroatoms. The SMILES string of the molecule is CC(=O)[C@@]1(O)CC[C@H]2[C@@H]3CC(C)C4=CC(O)CC[C@]4(C)[C@@]3(F)CC[C@@]21C. The molecule has 3 saturated carbocycles. The number of hydrogen-bond donors (Lipinski definition) is 2. The van der Waals surface area contributed by atoms with Gasteiger partial charge in [-0.3, -0.25) is 4.79 Å². The molecule has 0 saturated heterocycles. The van der Waals surface area contributed by atoms with E-state index in [0.29, 0.717) is 32.1 Å². The zero-order valence-corrected chi connectivity index (χ0v) is 16.5. The van der Waals surface area contributed by atoms with Crippen LogP contribution in [0, 0.1) is 28.6 Å². The van der Waals surface area contributed by atoms with E-state index < -0.39 is 28.2 Å². The summed E-state index contributed by atoms with van der Waals surface area (Å²) in [6.07, 6.45) is 5.65. The van der Waals surface area contributed by atoms with Crippen molar-refractivity contribution < 1.29 is 19.4 Å². The van der Waals surface area contributed by atoms with Crippen molar-refractivity contribution in [2.75, 3.05) is 0 Å². The van der Waals surface area contributed by atoms with Crippen molar-refractivity contribution in [3.8, 4) is 0 Å². The van der Waals surface area contributed by atoms with Gasteiger partial charge in [0.1, 0.15) is 11.3 Å². The molecule has 8 atom stereocenters. The highest BCUT2D eigenvalue weighted by Gasteiger charge is 2.71. The van der Waals surface area contributed by atoms with Crippen LogP contribution in [0.25, 0.3) is 0 Å². The summed E-state index contributed by atoms with van der Waals surface area (Å²) in [5, 5.41) is 21.3. The van der Waals surface area contributed by atoms with Crippen LogP contribution < -0.4 is 0 Å².